The van der Waals surface area contributed by atoms with Crippen molar-refractivity contribution < 1.29 is 19.1 Å². The topological polar surface area (TPSA) is 76.7 Å². The molecule has 0 aliphatic carbocycles. The minimum atomic E-state index is -0.501. The molecule has 0 saturated carbocycles. The molecule has 130 valence electrons. The Morgan fingerprint density at radius 2 is 1.64 bits per heavy atom. The van der Waals surface area contributed by atoms with Crippen LogP contribution in [-0.4, -0.2) is 25.0 Å². The highest BCUT2D eigenvalue weighted by Gasteiger charge is 2.15. The molecule has 8 heteroatoms. The van der Waals surface area contributed by atoms with Crippen molar-refractivity contribution in [3.05, 3.63) is 46.4 Å². The first-order valence-electron chi connectivity index (χ1n) is 7.45. The standard InChI is InChI=1S/C17H14Cl2N2O4/c18-10-1-3-12(19)13(7-10)21-17(23)9-16(22)20-11-2-4-14-15(8-11)25-6-5-24-14/h1-4,7-8H,5-6,9H2,(H,20,22)(H,21,23). The van der Waals surface area contributed by atoms with E-state index in [0.29, 0.717) is 46.1 Å². The van der Waals surface area contributed by atoms with Gasteiger partial charge in [-0.05, 0) is 30.3 Å². The molecule has 0 radical (unpaired) electrons. The van der Waals surface area contributed by atoms with E-state index in [2.05, 4.69) is 10.6 Å². The van der Waals surface area contributed by atoms with E-state index in [9.17, 15) is 9.59 Å². The lowest BCUT2D eigenvalue weighted by atomic mass is 10.2. The second-order valence-corrected chi connectivity index (χ2v) is 6.10. The molecule has 0 unspecified atom stereocenters. The van der Waals surface area contributed by atoms with E-state index in [0.717, 1.165) is 0 Å². The normalized spacial score (nSPS) is 12.4. The van der Waals surface area contributed by atoms with Gasteiger partial charge in [0.15, 0.2) is 11.5 Å². The van der Waals surface area contributed by atoms with Gasteiger partial charge in [0.1, 0.15) is 19.6 Å². The van der Waals surface area contributed by atoms with Crippen molar-refractivity contribution in [3.8, 4) is 11.5 Å². The lowest BCUT2D eigenvalue weighted by Crippen LogP contribution is -2.22. The summed E-state index contributed by atoms with van der Waals surface area (Å²) in [7, 11) is 0. The zero-order valence-corrected chi connectivity index (χ0v) is 14.5. The van der Waals surface area contributed by atoms with E-state index >= 15 is 0 Å². The minimum Gasteiger partial charge on any atom is -0.486 e. The van der Waals surface area contributed by atoms with Gasteiger partial charge in [0.05, 0.1) is 10.7 Å². The van der Waals surface area contributed by atoms with Gasteiger partial charge in [-0.15, -0.1) is 0 Å². The maximum absolute atomic E-state index is 12.0. The van der Waals surface area contributed by atoms with Crippen LogP contribution in [0, 0.1) is 0 Å². The molecule has 0 atom stereocenters. The van der Waals surface area contributed by atoms with Crippen LogP contribution in [-0.2, 0) is 9.59 Å². The second-order valence-electron chi connectivity index (χ2n) is 5.26. The molecule has 2 aromatic carbocycles. The van der Waals surface area contributed by atoms with Crippen LogP contribution >= 0.6 is 23.2 Å². The van der Waals surface area contributed by atoms with Gasteiger partial charge >= 0.3 is 0 Å². The van der Waals surface area contributed by atoms with Gasteiger partial charge in [-0.2, -0.15) is 0 Å². The highest BCUT2D eigenvalue weighted by Crippen LogP contribution is 2.32. The molecule has 6 nitrogen and oxygen atoms in total. The van der Waals surface area contributed by atoms with E-state index < -0.39 is 11.8 Å². The predicted octanol–water partition coefficient (Wildman–Crippen LogP) is 3.73. The van der Waals surface area contributed by atoms with Crippen LogP contribution in [0.25, 0.3) is 0 Å². The Bertz CT molecular complexity index is 826. The van der Waals surface area contributed by atoms with Gasteiger partial charge in [0.25, 0.3) is 0 Å². The molecule has 1 heterocycles. The third kappa shape index (κ3) is 4.55. The summed E-state index contributed by atoms with van der Waals surface area (Å²) in [6.45, 7) is 0.943. The van der Waals surface area contributed by atoms with Crippen LogP contribution < -0.4 is 20.1 Å². The molecule has 0 bridgehead atoms. The SMILES string of the molecule is O=C(CC(=O)Nc1cc(Cl)ccc1Cl)Nc1ccc2c(c1)OCCO2. The third-order valence-corrected chi connectivity index (χ3v) is 3.91. The van der Waals surface area contributed by atoms with E-state index in [-0.39, 0.29) is 6.42 Å². The number of amides is 2. The number of anilines is 2. The molecule has 1 aliphatic rings. The van der Waals surface area contributed by atoms with Crippen molar-refractivity contribution in [2.45, 2.75) is 6.42 Å². The van der Waals surface area contributed by atoms with Gasteiger partial charge < -0.3 is 20.1 Å². The molecule has 0 spiro atoms. The van der Waals surface area contributed by atoms with E-state index in [1.165, 1.54) is 6.07 Å². The molecule has 0 fully saturated rings. The van der Waals surface area contributed by atoms with Gasteiger partial charge in [-0.3, -0.25) is 9.59 Å². The first-order chi connectivity index (χ1) is 12.0. The van der Waals surface area contributed by atoms with Crippen molar-refractivity contribution in [1.82, 2.24) is 0 Å². The Kier molecular flexibility index (Phi) is 5.31. The highest BCUT2D eigenvalue weighted by molar-refractivity contribution is 6.35. The molecule has 0 saturated heterocycles. The van der Waals surface area contributed by atoms with E-state index in [1.807, 2.05) is 0 Å². The number of rotatable bonds is 4. The maximum Gasteiger partial charge on any atom is 0.233 e. The van der Waals surface area contributed by atoms with Crippen LogP contribution in [0.1, 0.15) is 6.42 Å². The molecular weight excluding hydrogens is 367 g/mol. The fourth-order valence-electron chi connectivity index (χ4n) is 2.26. The summed E-state index contributed by atoms with van der Waals surface area (Å²) in [6, 6.07) is 9.72. The van der Waals surface area contributed by atoms with Crippen molar-refractivity contribution in [3.63, 3.8) is 0 Å². The van der Waals surface area contributed by atoms with Crippen LogP contribution in [0.3, 0.4) is 0 Å². The van der Waals surface area contributed by atoms with Crippen LogP contribution in [0.2, 0.25) is 10.0 Å². The van der Waals surface area contributed by atoms with Crippen LogP contribution in [0.5, 0.6) is 11.5 Å². The number of hydrogen-bond donors (Lipinski definition) is 2. The molecule has 3 rings (SSSR count). The second kappa shape index (κ2) is 7.63. The van der Waals surface area contributed by atoms with E-state index in [4.69, 9.17) is 32.7 Å². The Balaban J connectivity index is 1.58. The lowest BCUT2D eigenvalue weighted by molar-refractivity contribution is -0.123. The summed E-state index contributed by atoms with van der Waals surface area (Å²) in [5, 5.41) is 5.97. The van der Waals surface area contributed by atoms with Crippen molar-refractivity contribution in [2.75, 3.05) is 23.8 Å². The Morgan fingerprint density at radius 3 is 2.44 bits per heavy atom. The summed E-state index contributed by atoms with van der Waals surface area (Å²) in [5.41, 5.74) is 0.870. The predicted molar refractivity (Wildman–Crippen MR) is 95.8 cm³/mol. The summed E-state index contributed by atoms with van der Waals surface area (Å²) in [6.07, 6.45) is -0.364. The molecule has 2 aromatic rings. The van der Waals surface area contributed by atoms with Crippen molar-refractivity contribution >= 4 is 46.4 Å². The van der Waals surface area contributed by atoms with Gasteiger partial charge in [-0.1, -0.05) is 23.2 Å². The number of nitrogens with one attached hydrogen (secondary N) is 2. The third-order valence-electron chi connectivity index (χ3n) is 3.35. The van der Waals surface area contributed by atoms with Crippen LogP contribution in [0.4, 0.5) is 11.4 Å². The Hall–Kier alpha value is -2.44. The molecule has 25 heavy (non-hydrogen) atoms. The number of fused-ring (bicyclic) bond motifs is 1. The Morgan fingerprint density at radius 1 is 0.920 bits per heavy atom. The number of hydrogen-bond acceptors (Lipinski definition) is 4. The summed E-state index contributed by atoms with van der Waals surface area (Å²) < 4.78 is 10.9. The quantitative estimate of drug-likeness (QED) is 0.792. The number of benzene rings is 2. The summed E-state index contributed by atoms with van der Waals surface area (Å²) in [5.74, 6) is 0.211. The monoisotopic (exact) mass is 380 g/mol. The molecular formula is C17H14Cl2N2O4. The lowest BCUT2D eigenvalue weighted by Gasteiger charge is -2.19. The van der Waals surface area contributed by atoms with Crippen molar-refractivity contribution in [1.29, 1.82) is 0 Å². The average Bonchev–Trinajstić information content (AvgIpc) is 2.58. The number of carbonyl (C=O) groups is 2. The zero-order valence-electron chi connectivity index (χ0n) is 13.0. The Labute approximate surface area is 154 Å². The van der Waals surface area contributed by atoms with Crippen molar-refractivity contribution in [2.24, 2.45) is 0 Å². The fourth-order valence-corrected chi connectivity index (χ4v) is 2.60. The molecule has 2 amide bonds. The fraction of sp³-hybridized carbons (Fsp3) is 0.176. The number of ether oxygens (including phenoxy) is 2. The van der Waals surface area contributed by atoms with Gasteiger partial charge in [0, 0.05) is 16.8 Å². The number of carbonyl (C=O) groups excluding carboxylic acids is 2. The highest BCUT2D eigenvalue weighted by atomic mass is 35.5. The van der Waals surface area contributed by atoms with Gasteiger partial charge in [0.2, 0.25) is 11.8 Å². The first kappa shape index (κ1) is 17.4. The first-order valence-corrected chi connectivity index (χ1v) is 8.21. The summed E-state index contributed by atoms with van der Waals surface area (Å²) in [4.78, 5) is 24.0. The molecule has 1 aliphatic heterocycles. The zero-order chi connectivity index (χ0) is 17.8. The minimum absolute atomic E-state index is 0.338. The largest absolute Gasteiger partial charge is 0.486 e. The maximum atomic E-state index is 12.0. The van der Waals surface area contributed by atoms with E-state index in [1.54, 1.807) is 30.3 Å². The van der Waals surface area contributed by atoms with Crippen LogP contribution in [0.15, 0.2) is 36.4 Å². The smallest absolute Gasteiger partial charge is 0.233 e. The van der Waals surface area contributed by atoms with Gasteiger partial charge in [-0.25, -0.2) is 0 Å². The average molecular weight is 381 g/mol. The molecule has 2 N–H and O–H groups in total. The molecule has 0 aromatic heterocycles. The summed E-state index contributed by atoms with van der Waals surface area (Å²) >= 11 is 11.8. The number of halogens is 2.